The molecule has 0 unspecified atom stereocenters. The van der Waals surface area contributed by atoms with Crippen LogP contribution in [0.4, 0.5) is 13.2 Å². The van der Waals surface area contributed by atoms with Crippen molar-refractivity contribution < 1.29 is 13.2 Å². The molecular weight excluding hydrogens is 313 g/mol. The predicted octanol–water partition coefficient (Wildman–Crippen LogP) is 4.09. The van der Waals surface area contributed by atoms with Gasteiger partial charge in [0.2, 0.25) is 0 Å². The van der Waals surface area contributed by atoms with Gasteiger partial charge in [0.1, 0.15) is 0 Å². The molecule has 0 saturated carbocycles. The molecule has 1 heterocycles. The van der Waals surface area contributed by atoms with Gasteiger partial charge in [-0.1, -0.05) is 19.1 Å². The van der Waals surface area contributed by atoms with Crippen molar-refractivity contribution in [2.75, 3.05) is 19.6 Å². The average molecular weight is 337 g/mol. The van der Waals surface area contributed by atoms with E-state index in [4.69, 9.17) is 0 Å². The quantitative estimate of drug-likeness (QED) is 0.871. The molecule has 0 amide bonds. The summed E-state index contributed by atoms with van der Waals surface area (Å²) >= 11 is 0. The molecule has 126 valence electrons. The fourth-order valence-corrected chi connectivity index (χ4v) is 2.88. The molecular formula is C16H24ClF3N2. The summed E-state index contributed by atoms with van der Waals surface area (Å²) in [5, 5.41) is 3.35. The van der Waals surface area contributed by atoms with E-state index in [0.29, 0.717) is 6.04 Å². The molecule has 22 heavy (non-hydrogen) atoms. The second-order valence-corrected chi connectivity index (χ2v) is 5.65. The number of alkyl halides is 3. The van der Waals surface area contributed by atoms with Crippen molar-refractivity contribution in [1.82, 2.24) is 10.2 Å². The number of rotatable bonds is 5. The van der Waals surface area contributed by atoms with Crippen LogP contribution in [0.25, 0.3) is 0 Å². The zero-order chi connectivity index (χ0) is 15.3. The molecule has 0 aromatic heterocycles. The van der Waals surface area contributed by atoms with Crippen LogP contribution in [-0.2, 0) is 12.7 Å². The Morgan fingerprint density at radius 2 is 1.73 bits per heavy atom. The van der Waals surface area contributed by atoms with Crippen LogP contribution in [0.5, 0.6) is 0 Å². The van der Waals surface area contributed by atoms with E-state index in [1.54, 1.807) is 12.1 Å². The molecule has 0 spiro atoms. The fraction of sp³-hybridized carbons (Fsp3) is 0.625. The van der Waals surface area contributed by atoms with E-state index >= 15 is 0 Å². The van der Waals surface area contributed by atoms with E-state index in [1.165, 1.54) is 12.1 Å². The normalized spacial score (nSPS) is 16.6. The largest absolute Gasteiger partial charge is 0.416 e. The van der Waals surface area contributed by atoms with Crippen molar-refractivity contribution in [2.24, 2.45) is 0 Å². The van der Waals surface area contributed by atoms with Crippen molar-refractivity contribution in [1.29, 1.82) is 0 Å². The van der Waals surface area contributed by atoms with Gasteiger partial charge in [-0.15, -0.1) is 12.4 Å². The average Bonchev–Trinajstić information content (AvgIpc) is 2.47. The fourth-order valence-electron chi connectivity index (χ4n) is 2.88. The molecule has 0 atom stereocenters. The Morgan fingerprint density at radius 3 is 2.23 bits per heavy atom. The van der Waals surface area contributed by atoms with Crippen molar-refractivity contribution >= 4 is 12.4 Å². The minimum Gasteiger partial charge on any atom is -0.317 e. The number of hydrogen-bond acceptors (Lipinski definition) is 2. The zero-order valence-corrected chi connectivity index (χ0v) is 13.6. The summed E-state index contributed by atoms with van der Waals surface area (Å²) in [6.45, 7) is 5.92. The molecule has 1 saturated heterocycles. The molecule has 1 aliphatic heterocycles. The zero-order valence-electron chi connectivity index (χ0n) is 12.8. The molecule has 2 nitrogen and oxygen atoms in total. The SMILES string of the molecule is CCCN(Cc1ccc(C(F)(F)F)cc1)C1CCNCC1.Cl. The standard InChI is InChI=1S/C16H23F3N2.ClH/c1-2-11-21(15-7-9-20-10-8-15)12-13-3-5-14(6-4-13)16(17,18)19;/h3-6,15,20H,2,7-12H2,1H3;1H. The van der Waals surface area contributed by atoms with Gasteiger partial charge >= 0.3 is 6.18 Å². The maximum absolute atomic E-state index is 12.6. The second-order valence-electron chi connectivity index (χ2n) is 5.65. The molecule has 1 aliphatic rings. The van der Waals surface area contributed by atoms with Crippen molar-refractivity contribution in [2.45, 2.75) is 44.9 Å². The van der Waals surface area contributed by atoms with Gasteiger partial charge in [0.05, 0.1) is 5.56 Å². The van der Waals surface area contributed by atoms with Gasteiger partial charge in [0, 0.05) is 12.6 Å². The van der Waals surface area contributed by atoms with Crippen LogP contribution in [0.15, 0.2) is 24.3 Å². The third-order valence-corrected chi connectivity index (χ3v) is 4.00. The Morgan fingerprint density at radius 1 is 1.14 bits per heavy atom. The summed E-state index contributed by atoms with van der Waals surface area (Å²) in [4.78, 5) is 2.41. The highest BCUT2D eigenvalue weighted by Gasteiger charge is 2.30. The summed E-state index contributed by atoms with van der Waals surface area (Å²) in [5.74, 6) is 0. The summed E-state index contributed by atoms with van der Waals surface area (Å²) < 4.78 is 37.7. The Hall–Kier alpha value is -0.780. The first-order valence-electron chi connectivity index (χ1n) is 7.61. The highest BCUT2D eigenvalue weighted by molar-refractivity contribution is 5.85. The minimum absolute atomic E-state index is 0. The molecule has 1 fully saturated rings. The lowest BCUT2D eigenvalue weighted by Gasteiger charge is -2.34. The molecule has 0 aliphatic carbocycles. The minimum atomic E-state index is -4.25. The molecule has 0 radical (unpaired) electrons. The van der Waals surface area contributed by atoms with E-state index in [-0.39, 0.29) is 12.4 Å². The Kier molecular flexibility index (Phi) is 7.66. The van der Waals surface area contributed by atoms with Gasteiger partial charge in [-0.05, 0) is 56.6 Å². The van der Waals surface area contributed by atoms with Crippen LogP contribution >= 0.6 is 12.4 Å². The summed E-state index contributed by atoms with van der Waals surface area (Å²) in [6.07, 6.45) is -0.970. The van der Waals surface area contributed by atoms with Gasteiger partial charge in [-0.2, -0.15) is 13.2 Å². The first-order chi connectivity index (χ1) is 10.0. The number of hydrogen-bond donors (Lipinski definition) is 1. The first-order valence-corrected chi connectivity index (χ1v) is 7.61. The molecule has 1 aromatic carbocycles. The molecule has 6 heteroatoms. The molecule has 1 aromatic rings. The third kappa shape index (κ3) is 5.45. The maximum Gasteiger partial charge on any atom is 0.416 e. The smallest absolute Gasteiger partial charge is 0.317 e. The van der Waals surface area contributed by atoms with E-state index in [1.807, 2.05) is 0 Å². The summed E-state index contributed by atoms with van der Waals surface area (Å²) in [5.41, 5.74) is 0.380. The van der Waals surface area contributed by atoms with Crippen molar-refractivity contribution in [3.8, 4) is 0 Å². The molecule has 1 N–H and O–H groups in total. The van der Waals surface area contributed by atoms with Crippen LogP contribution in [0, 0.1) is 0 Å². The lowest BCUT2D eigenvalue weighted by atomic mass is 10.0. The highest BCUT2D eigenvalue weighted by Crippen LogP contribution is 2.29. The van der Waals surface area contributed by atoms with Gasteiger partial charge in [0.15, 0.2) is 0 Å². The monoisotopic (exact) mass is 336 g/mol. The van der Waals surface area contributed by atoms with Gasteiger partial charge in [-0.25, -0.2) is 0 Å². The Balaban J connectivity index is 0.00000242. The number of halogens is 4. The summed E-state index contributed by atoms with van der Waals surface area (Å²) in [7, 11) is 0. The number of nitrogens with zero attached hydrogens (tertiary/aromatic N) is 1. The maximum atomic E-state index is 12.6. The summed E-state index contributed by atoms with van der Waals surface area (Å²) in [6, 6.07) is 6.11. The molecule has 2 rings (SSSR count). The highest BCUT2D eigenvalue weighted by atomic mass is 35.5. The van der Waals surface area contributed by atoms with E-state index in [2.05, 4.69) is 17.1 Å². The van der Waals surface area contributed by atoms with Crippen LogP contribution < -0.4 is 5.32 Å². The van der Waals surface area contributed by atoms with Gasteiger partial charge < -0.3 is 5.32 Å². The Bertz CT molecular complexity index is 428. The number of nitrogens with one attached hydrogen (secondary N) is 1. The van der Waals surface area contributed by atoms with Gasteiger partial charge in [-0.3, -0.25) is 4.90 Å². The van der Waals surface area contributed by atoms with Crippen molar-refractivity contribution in [3.05, 3.63) is 35.4 Å². The van der Waals surface area contributed by atoms with E-state index < -0.39 is 11.7 Å². The third-order valence-electron chi connectivity index (χ3n) is 4.00. The number of benzene rings is 1. The van der Waals surface area contributed by atoms with Crippen LogP contribution in [-0.4, -0.2) is 30.6 Å². The topological polar surface area (TPSA) is 15.3 Å². The van der Waals surface area contributed by atoms with Gasteiger partial charge in [0.25, 0.3) is 0 Å². The van der Waals surface area contributed by atoms with Crippen LogP contribution in [0.1, 0.15) is 37.3 Å². The number of piperidine rings is 1. The molecule has 0 bridgehead atoms. The van der Waals surface area contributed by atoms with Crippen molar-refractivity contribution in [3.63, 3.8) is 0 Å². The van der Waals surface area contributed by atoms with Crippen LogP contribution in [0.3, 0.4) is 0 Å². The Labute approximate surface area is 136 Å². The predicted molar refractivity (Wildman–Crippen MR) is 85.3 cm³/mol. The second kappa shape index (κ2) is 8.75. The van der Waals surface area contributed by atoms with E-state index in [9.17, 15) is 13.2 Å². The lowest BCUT2D eigenvalue weighted by Crippen LogP contribution is -2.43. The first kappa shape index (κ1) is 19.3. The lowest BCUT2D eigenvalue weighted by molar-refractivity contribution is -0.137. The van der Waals surface area contributed by atoms with Crippen LogP contribution in [0.2, 0.25) is 0 Å². The van der Waals surface area contributed by atoms with E-state index in [0.717, 1.165) is 51.0 Å².